The van der Waals surface area contributed by atoms with Crippen molar-refractivity contribution in [2.24, 2.45) is 0 Å². The maximum Gasteiger partial charge on any atom is 0.309 e. The molecule has 0 aliphatic heterocycles. The van der Waals surface area contributed by atoms with Crippen LogP contribution in [-0.4, -0.2) is 31.7 Å². The normalized spacial score (nSPS) is 11.2. The molecule has 1 N–H and O–H groups in total. The Morgan fingerprint density at radius 3 is 2.44 bits per heavy atom. The van der Waals surface area contributed by atoms with E-state index in [4.69, 9.17) is 8.92 Å². The largest absolute Gasteiger partial charge is 0.507 e. The first-order valence-corrected chi connectivity index (χ1v) is 10.4. The number of para-hydroxylation sites is 1. The Bertz CT molecular complexity index is 875. The highest BCUT2D eigenvalue weighted by atomic mass is 32.2. The predicted molar refractivity (Wildman–Crippen MR) is 103 cm³/mol. The smallest absolute Gasteiger partial charge is 0.309 e. The summed E-state index contributed by atoms with van der Waals surface area (Å²) < 4.78 is 34.7. The summed E-state index contributed by atoms with van der Waals surface area (Å²) in [5, 5.41) is 10.3. The second-order valence-corrected chi connectivity index (χ2v) is 7.80. The van der Waals surface area contributed by atoms with Gasteiger partial charge in [-0.1, -0.05) is 31.5 Å². The number of hydrogen-bond acceptors (Lipinski definition) is 6. The number of aromatic hydroxyl groups is 1. The molecule has 27 heavy (non-hydrogen) atoms. The Hall–Kier alpha value is -2.54. The molecule has 0 amide bonds. The molecule has 0 aliphatic carbocycles. The van der Waals surface area contributed by atoms with E-state index in [0.29, 0.717) is 17.7 Å². The van der Waals surface area contributed by atoms with Gasteiger partial charge in [0.25, 0.3) is 0 Å². The molecular weight excluding hydrogens is 368 g/mol. The van der Waals surface area contributed by atoms with Crippen LogP contribution < -0.4 is 8.92 Å². The van der Waals surface area contributed by atoms with Crippen LogP contribution in [0.4, 0.5) is 0 Å². The summed E-state index contributed by atoms with van der Waals surface area (Å²) in [5.41, 5.74) is 0.818. The van der Waals surface area contributed by atoms with Gasteiger partial charge in [-0.15, -0.1) is 0 Å². The van der Waals surface area contributed by atoms with Crippen LogP contribution in [0.5, 0.6) is 17.2 Å². The molecule has 0 aliphatic rings. The second kappa shape index (κ2) is 9.41. The van der Waals surface area contributed by atoms with Crippen molar-refractivity contribution in [2.75, 3.05) is 12.4 Å². The number of phenolic OH excluding ortho intramolecular Hbond substituents is 1. The maximum absolute atomic E-state index is 12.0. The minimum Gasteiger partial charge on any atom is -0.507 e. The molecule has 6 nitrogen and oxygen atoms in total. The fourth-order valence-electron chi connectivity index (χ4n) is 2.61. The molecule has 0 fully saturated rings. The van der Waals surface area contributed by atoms with Gasteiger partial charge in [0.15, 0.2) is 5.78 Å². The van der Waals surface area contributed by atoms with E-state index in [2.05, 4.69) is 0 Å². The standard InChI is InChI=1S/C20H24O6S/c1-3-8-18-19(12-11-17(15(2)21)20(18)22)25-13-7-14-27(23,24)26-16-9-5-4-6-10-16/h4-6,9-12,22H,3,7-8,13-14H2,1-2H3. The number of phenols is 1. The molecule has 0 unspecified atom stereocenters. The first kappa shape index (κ1) is 20.8. The van der Waals surface area contributed by atoms with Gasteiger partial charge in [-0.25, -0.2) is 0 Å². The summed E-state index contributed by atoms with van der Waals surface area (Å²) in [6.45, 7) is 3.49. The summed E-state index contributed by atoms with van der Waals surface area (Å²) in [4.78, 5) is 11.6. The van der Waals surface area contributed by atoms with E-state index in [1.165, 1.54) is 13.0 Å². The monoisotopic (exact) mass is 392 g/mol. The number of hydrogen-bond donors (Lipinski definition) is 1. The number of rotatable bonds is 10. The average molecular weight is 392 g/mol. The van der Waals surface area contributed by atoms with Gasteiger partial charge in [-0.05, 0) is 44.0 Å². The highest BCUT2D eigenvalue weighted by Crippen LogP contribution is 2.33. The lowest BCUT2D eigenvalue weighted by Gasteiger charge is -2.14. The minimum atomic E-state index is -3.71. The Labute approximate surface area is 159 Å². The quantitative estimate of drug-likeness (QED) is 0.376. The summed E-state index contributed by atoms with van der Waals surface area (Å²) in [7, 11) is -3.71. The predicted octanol–water partition coefficient (Wildman–Crippen LogP) is 3.73. The average Bonchev–Trinajstić information content (AvgIpc) is 2.61. The van der Waals surface area contributed by atoms with E-state index < -0.39 is 10.1 Å². The first-order valence-electron chi connectivity index (χ1n) is 8.80. The van der Waals surface area contributed by atoms with E-state index in [1.54, 1.807) is 36.4 Å². The highest BCUT2D eigenvalue weighted by molar-refractivity contribution is 7.87. The molecule has 0 radical (unpaired) electrons. The zero-order valence-corrected chi connectivity index (χ0v) is 16.3. The summed E-state index contributed by atoms with van der Waals surface area (Å²) in [6, 6.07) is 11.5. The van der Waals surface area contributed by atoms with Gasteiger partial charge in [-0.3, -0.25) is 4.79 Å². The van der Waals surface area contributed by atoms with E-state index in [-0.39, 0.29) is 41.6 Å². The van der Waals surface area contributed by atoms with Crippen molar-refractivity contribution < 1.29 is 27.2 Å². The summed E-state index contributed by atoms with van der Waals surface area (Å²) in [6.07, 6.45) is 1.55. The number of benzene rings is 2. The van der Waals surface area contributed by atoms with Gasteiger partial charge in [0, 0.05) is 5.56 Å². The maximum atomic E-state index is 12.0. The van der Waals surface area contributed by atoms with E-state index >= 15 is 0 Å². The van der Waals surface area contributed by atoms with Crippen LogP contribution in [0.1, 0.15) is 42.6 Å². The number of carbonyl (C=O) groups excluding carboxylic acids is 1. The van der Waals surface area contributed by atoms with Crippen molar-refractivity contribution in [1.29, 1.82) is 0 Å². The SMILES string of the molecule is CCCc1c(OCCCS(=O)(=O)Oc2ccccc2)ccc(C(C)=O)c1O. The highest BCUT2D eigenvalue weighted by Gasteiger charge is 2.17. The van der Waals surface area contributed by atoms with Gasteiger partial charge < -0.3 is 14.0 Å². The number of ether oxygens (including phenoxy) is 1. The molecule has 2 aromatic rings. The molecule has 146 valence electrons. The fourth-order valence-corrected chi connectivity index (χ4v) is 3.57. The van der Waals surface area contributed by atoms with Crippen molar-refractivity contribution in [2.45, 2.75) is 33.1 Å². The molecule has 0 saturated heterocycles. The molecule has 2 rings (SSSR count). The van der Waals surface area contributed by atoms with E-state index in [9.17, 15) is 18.3 Å². The minimum absolute atomic E-state index is 0.0677. The second-order valence-electron chi connectivity index (χ2n) is 6.10. The lowest BCUT2D eigenvalue weighted by molar-refractivity contribution is 0.101. The van der Waals surface area contributed by atoms with E-state index in [1.807, 2.05) is 6.92 Å². The zero-order chi connectivity index (χ0) is 19.9. The first-order chi connectivity index (χ1) is 12.8. The van der Waals surface area contributed by atoms with Crippen molar-refractivity contribution in [3.8, 4) is 17.2 Å². The van der Waals surface area contributed by atoms with Crippen molar-refractivity contribution in [3.63, 3.8) is 0 Å². The van der Waals surface area contributed by atoms with E-state index in [0.717, 1.165) is 6.42 Å². The molecule has 0 saturated carbocycles. The van der Waals surface area contributed by atoms with Crippen molar-refractivity contribution >= 4 is 15.9 Å². The summed E-state index contributed by atoms with van der Waals surface area (Å²) >= 11 is 0. The van der Waals surface area contributed by atoms with Crippen LogP contribution in [0.3, 0.4) is 0 Å². The van der Waals surface area contributed by atoms with Crippen molar-refractivity contribution in [3.05, 3.63) is 53.6 Å². The molecule has 0 aromatic heterocycles. The number of ketones is 1. The van der Waals surface area contributed by atoms with Crippen LogP contribution in [-0.2, 0) is 16.5 Å². The van der Waals surface area contributed by atoms with Gasteiger partial charge in [0.1, 0.15) is 17.2 Å². The Kier molecular flexibility index (Phi) is 7.24. The van der Waals surface area contributed by atoms with Crippen LogP contribution >= 0.6 is 0 Å². The van der Waals surface area contributed by atoms with Crippen LogP contribution in [0.2, 0.25) is 0 Å². The number of carbonyl (C=O) groups is 1. The van der Waals surface area contributed by atoms with Crippen LogP contribution in [0.25, 0.3) is 0 Å². The lowest BCUT2D eigenvalue weighted by Crippen LogP contribution is -2.16. The van der Waals surface area contributed by atoms with Gasteiger partial charge in [-0.2, -0.15) is 8.42 Å². The van der Waals surface area contributed by atoms with Crippen LogP contribution in [0, 0.1) is 0 Å². The molecule has 2 aromatic carbocycles. The third-order valence-electron chi connectivity index (χ3n) is 3.88. The number of Topliss-reactive ketones (excluding diaryl/α,β-unsaturated/α-hetero) is 1. The third-order valence-corrected chi connectivity index (χ3v) is 5.12. The molecule has 7 heteroatoms. The van der Waals surface area contributed by atoms with Gasteiger partial charge >= 0.3 is 10.1 Å². The van der Waals surface area contributed by atoms with Gasteiger partial charge in [0.2, 0.25) is 0 Å². The van der Waals surface area contributed by atoms with Crippen LogP contribution in [0.15, 0.2) is 42.5 Å². The third kappa shape index (κ3) is 5.99. The topological polar surface area (TPSA) is 89.9 Å². The molecule has 0 bridgehead atoms. The molecule has 0 spiro atoms. The Morgan fingerprint density at radius 2 is 1.81 bits per heavy atom. The van der Waals surface area contributed by atoms with Gasteiger partial charge in [0.05, 0.1) is 17.9 Å². The molecule has 0 atom stereocenters. The zero-order valence-electron chi connectivity index (χ0n) is 15.5. The lowest BCUT2D eigenvalue weighted by atomic mass is 10.0. The van der Waals surface area contributed by atoms with Crippen molar-refractivity contribution in [1.82, 2.24) is 0 Å². The Balaban J connectivity index is 1.96. The Morgan fingerprint density at radius 1 is 1.11 bits per heavy atom. The molecule has 0 heterocycles. The summed E-state index contributed by atoms with van der Waals surface area (Å²) in [5.74, 6) is 0.249. The molecular formula is C20H24O6S. The fraction of sp³-hybridized carbons (Fsp3) is 0.350.